The summed E-state index contributed by atoms with van der Waals surface area (Å²) in [6.07, 6.45) is 2.60. The van der Waals surface area contributed by atoms with Crippen LogP contribution >= 0.6 is 0 Å². The van der Waals surface area contributed by atoms with Gasteiger partial charge in [-0.1, -0.05) is 0 Å². The molecule has 1 heterocycles. The van der Waals surface area contributed by atoms with Crippen molar-refractivity contribution in [3.63, 3.8) is 0 Å². The molecule has 1 aliphatic heterocycles. The Kier molecular flexibility index (Phi) is 5.80. The maximum atomic E-state index is 11.4. The third-order valence-corrected chi connectivity index (χ3v) is 4.96. The van der Waals surface area contributed by atoms with Crippen molar-refractivity contribution >= 4 is 9.84 Å². The van der Waals surface area contributed by atoms with Crippen molar-refractivity contribution in [2.24, 2.45) is 5.73 Å². The highest BCUT2D eigenvalue weighted by Crippen LogP contribution is 2.21. The Bertz CT molecular complexity index is 566. The lowest BCUT2D eigenvalue weighted by molar-refractivity contribution is 0.0641. The second-order valence-corrected chi connectivity index (χ2v) is 7.77. The normalized spacial score (nSPS) is 19.0. The number of likely N-dealkylation sites (tertiary alicyclic amines) is 1. The van der Waals surface area contributed by atoms with Crippen LogP contribution in [0.15, 0.2) is 29.2 Å². The number of hydrogen-bond donors (Lipinski definition) is 2. The smallest absolute Gasteiger partial charge is 0.175 e. The van der Waals surface area contributed by atoms with E-state index in [-0.39, 0.29) is 12.6 Å². The van der Waals surface area contributed by atoms with Gasteiger partial charge in [0.1, 0.15) is 11.9 Å². The van der Waals surface area contributed by atoms with Gasteiger partial charge >= 0.3 is 0 Å². The van der Waals surface area contributed by atoms with Gasteiger partial charge < -0.3 is 20.5 Å². The number of aliphatic hydroxyl groups is 1. The molecule has 6 nitrogen and oxygen atoms in total. The van der Waals surface area contributed by atoms with Gasteiger partial charge in [0.25, 0.3) is 0 Å². The Hall–Kier alpha value is -1.15. The second-order valence-electron chi connectivity index (χ2n) is 5.75. The molecule has 1 aromatic rings. The van der Waals surface area contributed by atoms with Gasteiger partial charge in [0.05, 0.1) is 11.0 Å². The van der Waals surface area contributed by atoms with Crippen molar-refractivity contribution < 1.29 is 18.3 Å². The van der Waals surface area contributed by atoms with Crippen molar-refractivity contribution in [2.75, 3.05) is 32.4 Å². The molecule has 1 unspecified atom stereocenters. The third-order valence-electron chi connectivity index (χ3n) is 3.83. The number of nitrogens with two attached hydrogens (primary N) is 1. The van der Waals surface area contributed by atoms with E-state index in [1.54, 1.807) is 24.3 Å². The van der Waals surface area contributed by atoms with Crippen molar-refractivity contribution in [1.82, 2.24) is 4.90 Å². The fraction of sp³-hybridized carbons (Fsp3) is 0.600. The summed E-state index contributed by atoms with van der Waals surface area (Å²) in [5.41, 5.74) is 5.42. The first-order valence-corrected chi connectivity index (χ1v) is 9.35. The summed E-state index contributed by atoms with van der Waals surface area (Å²) in [5.74, 6) is 0.688. The Labute approximate surface area is 131 Å². The SMILES string of the molecule is CS(=O)(=O)c1ccc(OC2CCN(CC(O)CN)CC2)cc1. The van der Waals surface area contributed by atoms with Crippen LogP contribution in [0.5, 0.6) is 5.75 Å². The minimum atomic E-state index is -3.17. The summed E-state index contributed by atoms with van der Waals surface area (Å²) in [4.78, 5) is 2.48. The van der Waals surface area contributed by atoms with E-state index in [2.05, 4.69) is 4.90 Å². The van der Waals surface area contributed by atoms with Crippen LogP contribution in [0.3, 0.4) is 0 Å². The molecule has 1 aromatic carbocycles. The maximum absolute atomic E-state index is 11.4. The molecular weight excluding hydrogens is 304 g/mol. The quantitative estimate of drug-likeness (QED) is 0.778. The second kappa shape index (κ2) is 7.41. The van der Waals surface area contributed by atoms with Gasteiger partial charge in [0.2, 0.25) is 0 Å². The molecule has 1 fully saturated rings. The molecule has 0 aliphatic carbocycles. The molecule has 0 aromatic heterocycles. The number of piperidine rings is 1. The Morgan fingerprint density at radius 3 is 2.41 bits per heavy atom. The van der Waals surface area contributed by atoms with Crippen LogP contribution in [-0.2, 0) is 9.84 Å². The van der Waals surface area contributed by atoms with Gasteiger partial charge in [-0.15, -0.1) is 0 Å². The van der Waals surface area contributed by atoms with E-state index in [4.69, 9.17) is 10.5 Å². The van der Waals surface area contributed by atoms with Gasteiger partial charge in [0, 0.05) is 32.4 Å². The molecule has 1 saturated heterocycles. The first-order valence-electron chi connectivity index (χ1n) is 7.46. The number of ether oxygens (including phenoxy) is 1. The topological polar surface area (TPSA) is 92.9 Å². The highest BCUT2D eigenvalue weighted by molar-refractivity contribution is 7.90. The maximum Gasteiger partial charge on any atom is 0.175 e. The van der Waals surface area contributed by atoms with Crippen molar-refractivity contribution in [1.29, 1.82) is 0 Å². The third kappa shape index (κ3) is 4.95. The molecule has 7 heteroatoms. The average Bonchev–Trinajstić information content (AvgIpc) is 2.49. The zero-order chi connectivity index (χ0) is 16.2. The number of aliphatic hydroxyl groups excluding tert-OH is 1. The molecule has 1 atom stereocenters. The van der Waals surface area contributed by atoms with Crippen LogP contribution in [0, 0.1) is 0 Å². The van der Waals surface area contributed by atoms with Crippen molar-refractivity contribution in [3.8, 4) is 5.75 Å². The van der Waals surface area contributed by atoms with E-state index in [0.717, 1.165) is 25.9 Å². The Balaban J connectivity index is 1.83. The number of benzene rings is 1. The summed E-state index contributed by atoms with van der Waals surface area (Å²) in [7, 11) is -3.17. The van der Waals surface area contributed by atoms with E-state index in [0.29, 0.717) is 17.2 Å². The fourth-order valence-corrected chi connectivity index (χ4v) is 3.17. The van der Waals surface area contributed by atoms with Gasteiger partial charge in [-0.3, -0.25) is 0 Å². The minimum absolute atomic E-state index is 0.121. The lowest BCUT2D eigenvalue weighted by Gasteiger charge is -2.33. The first kappa shape index (κ1) is 17.2. The zero-order valence-corrected chi connectivity index (χ0v) is 13.6. The van der Waals surface area contributed by atoms with E-state index in [1.807, 2.05) is 0 Å². The summed E-state index contributed by atoms with van der Waals surface area (Å²) >= 11 is 0. The summed E-state index contributed by atoms with van der Waals surface area (Å²) < 4.78 is 28.7. The highest BCUT2D eigenvalue weighted by atomic mass is 32.2. The molecule has 0 radical (unpaired) electrons. The van der Waals surface area contributed by atoms with Crippen LogP contribution < -0.4 is 10.5 Å². The molecule has 0 bridgehead atoms. The summed E-state index contributed by atoms with van der Waals surface area (Å²) in [6.45, 7) is 2.61. The zero-order valence-electron chi connectivity index (χ0n) is 12.8. The number of hydrogen-bond acceptors (Lipinski definition) is 6. The monoisotopic (exact) mass is 328 g/mol. The summed E-state index contributed by atoms with van der Waals surface area (Å²) in [6, 6.07) is 6.52. The fourth-order valence-electron chi connectivity index (χ4n) is 2.54. The largest absolute Gasteiger partial charge is 0.490 e. The molecule has 3 N–H and O–H groups in total. The van der Waals surface area contributed by atoms with Gasteiger partial charge in [-0.05, 0) is 37.1 Å². The Morgan fingerprint density at radius 2 is 1.91 bits per heavy atom. The first-order chi connectivity index (χ1) is 10.4. The molecule has 124 valence electrons. The predicted molar refractivity (Wildman–Crippen MR) is 84.7 cm³/mol. The van der Waals surface area contributed by atoms with Crippen LogP contribution in [0.25, 0.3) is 0 Å². The van der Waals surface area contributed by atoms with E-state index < -0.39 is 15.9 Å². The molecule has 0 spiro atoms. The van der Waals surface area contributed by atoms with Crippen LogP contribution in [0.1, 0.15) is 12.8 Å². The van der Waals surface area contributed by atoms with Crippen LogP contribution in [0.4, 0.5) is 0 Å². The number of β-amino-alcohol motifs (C(OH)–C–C–N with tert-alkyl or cyclic N) is 1. The van der Waals surface area contributed by atoms with Gasteiger partial charge in [-0.25, -0.2) is 8.42 Å². The summed E-state index contributed by atoms with van der Waals surface area (Å²) in [5, 5.41) is 9.56. The van der Waals surface area contributed by atoms with Crippen molar-refractivity contribution in [2.45, 2.75) is 29.9 Å². The van der Waals surface area contributed by atoms with E-state index in [1.165, 1.54) is 6.26 Å². The molecule has 0 amide bonds. The van der Waals surface area contributed by atoms with Crippen molar-refractivity contribution in [3.05, 3.63) is 24.3 Å². The average molecular weight is 328 g/mol. The van der Waals surface area contributed by atoms with Gasteiger partial charge in [0.15, 0.2) is 9.84 Å². The lowest BCUT2D eigenvalue weighted by Crippen LogP contribution is -2.43. The lowest BCUT2D eigenvalue weighted by atomic mass is 10.1. The number of sulfone groups is 1. The van der Waals surface area contributed by atoms with E-state index >= 15 is 0 Å². The number of nitrogens with zero attached hydrogens (tertiary/aromatic N) is 1. The van der Waals surface area contributed by atoms with Crippen LogP contribution in [-0.4, -0.2) is 63.1 Å². The molecule has 22 heavy (non-hydrogen) atoms. The molecule has 2 rings (SSSR count). The predicted octanol–water partition coefficient (Wildman–Crippen LogP) is 0.253. The van der Waals surface area contributed by atoms with Gasteiger partial charge in [-0.2, -0.15) is 0 Å². The molecule has 0 saturated carbocycles. The molecular formula is C15H24N2O4S. The Morgan fingerprint density at radius 1 is 1.32 bits per heavy atom. The standard InChI is InChI=1S/C15H24N2O4S/c1-22(19,20)15-4-2-13(3-5-15)21-14-6-8-17(9-7-14)11-12(18)10-16/h2-5,12,14,18H,6-11,16H2,1H3. The highest BCUT2D eigenvalue weighted by Gasteiger charge is 2.22. The van der Waals surface area contributed by atoms with E-state index in [9.17, 15) is 13.5 Å². The minimum Gasteiger partial charge on any atom is -0.490 e. The number of rotatable bonds is 6. The molecule has 1 aliphatic rings. The van der Waals surface area contributed by atoms with Crippen LogP contribution in [0.2, 0.25) is 0 Å².